The first-order chi connectivity index (χ1) is 11.8. The van der Waals surface area contributed by atoms with Crippen molar-refractivity contribution in [2.45, 2.75) is 26.3 Å². The second-order valence-corrected chi connectivity index (χ2v) is 6.34. The second-order valence-electron chi connectivity index (χ2n) is 5.49. The molecule has 2 rings (SSSR count). The number of rotatable bonds is 5. The van der Waals surface area contributed by atoms with Crippen molar-refractivity contribution in [2.75, 3.05) is 17.7 Å². The second kappa shape index (κ2) is 7.64. The molecule has 0 radical (unpaired) electrons. The van der Waals surface area contributed by atoms with Gasteiger partial charge < -0.3 is 10.6 Å². The Hall–Kier alpha value is -2.42. The van der Waals surface area contributed by atoms with E-state index in [1.54, 1.807) is 0 Å². The molecule has 1 heterocycles. The SMILES string of the molecule is CCCCn1c(N)c(N(C)C(=O)c2cc(F)ccc2Br)c(=O)[nH]c1=O. The van der Waals surface area contributed by atoms with E-state index in [1.807, 2.05) is 6.92 Å². The average molecular weight is 413 g/mol. The number of nitrogen functional groups attached to an aromatic ring is 1. The van der Waals surface area contributed by atoms with E-state index in [9.17, 15) is 18.8 Å². The summed E-state index contributed by atoms with van der Waals surface area (Å²) in [5, 5.41) is 0. The third kappa shape index (κ3) is 3.81. The zero-order valence-corrected chi connectivity index (χ0v) is 15.4. The van der Waals surface area contributed by atoms with E-state index in [4.69, 9.17) is 5.73 Å². The Labute approximate surface area is 151 Å². The van der Waals surface area contributed by atoms with Gasteiger partial charge in [0.1, 0.15) is 11.6 Å². The molecule has 7 nitrogen and oxygen atoms in total. The maximum Gasteiger partial charge on any atom is 0.330 e. The van der Waals surface area contributed by atoms with Crippen molar-refractivity contribution in [1.82, 2.24) is 9.55 Å². The number of hydrogen-bond donors (Lipinski definition) is 2. The summed E-state index contributed by atoms with van der Waals surface area (Å²) in [7, 11) is 1.34. The highest BCUT2D eigenvalue weighted by atomic mass is 79.9. The third-order valence-corrected chi connectivity index (χ3v) is 4.44. The lowest BCUT2D eigenvalue weighted by Crippen LogP contribution is -2.39. The molecule has 1 aromatic heterocycles. The highest BCUT2D eigenvalue weighted by Gasteiger charge is 2.23. The van der Waals surface area contributed by atoms with Crippen molar-refractivity contribution < 1.29 is 9.18 Å². The van der Waals surface area contributed by atoms with Crippen LogP contribution in [0.1, 0.15) is 30.1 Å². The molecule has 0 aliphatic heterocycles. The number of unbranched alkanes of at least 4 members (excludes halogenated alkanes) is 1. The van der Waals surface area contributed by atoms with E-state index in [0.717, 1.165) is 17.4 Å². The summed E-state index contributed by atoms with van der Waals surface area (Å²) in [5.74, 6) is -1.33. The zero-order valence-electron chi connectivity index (χ0n) is 13.8. The van der Waals surface area contributed by atoms with E-state index in [1.165, 1.54) is 23.7 Å². The number of benzene rings is 1. The van der Waals surface area contributed by atoms with Crippen molar-refractivity contribution in [3.8, 4) is 0 Å². The van der Waals surface area contributed by atoms with Gasteiger partial charge in [-0.1, -0.05) is 13.3 Å². The summed E-state index contributed by atoms with van der Waals surface area (Å²) >= 11 is 3.18. The third-order valence-electron chi connectivity index (χ3n) is 3.75. The monoisotopic (exact) mass is 412 g/mol. The molecule has 134 valence electrons. The fraction of sp³-hybridized carbons (Fsp3) is 0.312. The maximum absolute atomic E-state index is 13.5. The summed E-state index contributed by atoms with van der Waals surface area (Å²) in [4.78, 5) is 40.0. The number of hydrogen-bond acceptors (Lipinski definition) is 4. The molecule has 1 aromatic carbocycles. The highest BCUT2D eigenvalue weighted by Crippen LogP contribution is 2.23. The minimum atomic E-state index is -0.779. The molecule has 2 aromatic rings. The number of halogens is 2. The molecule has 1 amide bonds. The molecule has 9 heteroatoms. The number of carbonyl (C=O) groups excluding carboxylic acids is 1. The van der Waals surface area contributed by atoms with E-state index >= 15 is 0 Å². The molecule has 0 bridgehead atoms. The first-order valence-electron chi connectivity index (χ1n) is 7.63. The van der Waals surface area contributed by atoms with E-state index in [-0.39, 0.29) is 17.1 Å². The van der Waals surface area contributed by atoms with Gasteiger partial charge in [-0.05, 0) is 40.5 Å². The van der Waals surface area contributed by atoms with Gasteiger partial charge in [0.2, 0.25) is 0 Å². The van der Waals surface area contributed by atoms with Crippen LogP contribution in [0.25, 0.3) is 0 Å². The number of anilines is 2. The number of amides is 1. The van der Waals surface area contributed by atoms with Gasteiger partial charge in [-0.3, -0.25) is 19.1 Å². The van der Waals surface area contributed by atoms with E-state index < -0.39 is 23.0 Å². The van der Waals surface area contributed by atoms with Crippen LogP contribution in [0.15, 0.2) is 32.3 Å². The van der Waals surface area contributed by atoms with Gasteiger partial charge in [0.05, 0.1) is 5.56 Å². The zero-order chi connectivity index (χ0) is 18.7. The van der Waals surface area contributed by atoms with Gasteiger partial charge in [0, 0.05) is 18.1 Å². The Morgan fingerprint density at radius 2 is 2.08 bits per heavy atom. The van der Waals surface area contributed by atoms with Crippen LogP contribution < -0.4 is 21.9 Å². The lowest BCUT2D eigenvalue weighted by molar-refractivity contribution is 0.0991. The summed E-state index contributed by atoms with van der Waals surface area (Å²) < 4.78 is 15.0. The molecule has 0 saturated carbocycles. The van der Waals surface area contributed by atoms with Crippen LogP contribution in [0, 0.1) is 5.82 Å². The van der Waals surface area contributed by atoms with Gasteiger partial charge in [-0.15, -0.1) is 0 Å². The van der Waals surface area contributed by atoms with Crippen LogP contribution >= 0.6 is 15.9 Å². The number of nitrogens with two attached hydrogens (primary N) is 1. The standard InChI is InChI=1S/C16H18BrFN4O3/c1-3-4-7-22-13(19)12(14(23)20-16(22)25)21(2)15(24)10-8-9(18)5-6-11(10)17/h5-6,8H,3-4,7,19H2,1-2H3,(H,20,23,25). The van der Waals surface area contributed by atoms with Gasteiger partial charge in [0.15, 0.2) is 5.69 Å². The Bertz CT molecular complexity index is 923. The fourth-order valence-corrected chi connectivity index (χ4v) is 2.80. The number of carbonyl (C=O) groups is 1. The Kier molecular flexibility index (Phi) is 5.78. The minimum Gasteiger partial charge on any atom is -0.383 e. The molecule has 0 saturated heterocycles. The van der Waals surface area contributed by atoms with Gasteiger partial charge in [-0.25, -0.2) is 9.18 Å². The fourth-order valence-electron chi connectivity index (χ4n) is 2.38. The van der Waals surface area contributed by atoms with Crippen molar-refractivity contribution in [1.29, 1.82) is 0 Å². The van der Waals surface area contributed by atoms with Crippen molar-refractivity contribution in [3.63, 3.8) is 0 Å². The summed E-state index contributed by atoms with van der Waals surface area (Å²) in [5.41, 5.74) is 4.44. The molecular weight excluding hydrogens is 395 g/mol. The number of nitrogens with zero attached hydrogens (tertiary/aromatic N) is 2. The van der Waals surface area contributed by atoms with Crippen LogP contribution in [-0.2, 0) is 6.54 Å². The first-order valence-corrected chi connectivity index (χ1v) is 8.43. The Balaban J connectivity index is 2.53. The van der Waals surface area contributed by atoms with Crippen molar-refractivity contribution >= 4 is 33.3 Å². The first kappa shape index (κ1) is 18.9. The van der Waals surface area contributed by atoms with Crippen LogP contribution in [0.3, 0.4) is 0 Å². The number of nitrogens with one attached hydrogen (secondary N) is 1. The normalized spacial score (nSPS) is 10.7. The van der Waals surface area contributed by atoms with Crippen molar-refractivity contribution in [3.05, 3.63) is 54.9 Å². The number of aromatic nitrogens is 2. The molecule has 0 aliphatic carbocycles. The molecule has 0 fully saturated rings. The van der Waals surface area contributed by atoms with Crippen LogP contribution in [0.5, 0.6) is 0 Å². The average Bonchev–Trinajstić information content (AvgIpc) is 2.55. The summed E-state index contributed by atoms with van der Waals surface area (Å²) in [6.45, 7) is 2.27. The topological polar surface area (TPSA) is 101 Å². The van der Waals surface area contributed by atoms with E-state index in [2.05, 4.69) is 20.9 Å². The molecule has 0 atom stereocenters. The molecule has 25 heavy (non-hydrogen) atoms. The Morgan fingerprint density at radius 3 is 2.72 bits per heavy atom. The molecule has 0 aliphatic rings. The number of H-pyrrole nitrogens is 1. The van der Waals surface area contributed by atoms with E-state index in [0.29, 0.717) is 17.4 Å². The molecular formula is C16H18BrFN4O3. The van der Waals surface area contributed by atoms with Gasteiger partial charge >= 0.3 is 5.69 Å². The maximum atomic E-state index is 13.5. The lowest BCUT2D eigenvalue weighted by atomic mass is 10.2. The quantitative estimate of drug-likeness (QED) is 0.784. The lowest BCUT2D eigenvalue weighted by Gasteiger charge is -2.21. The minimum absolute atomic E-state index is 0.0348. The van der Waals surface area contributed by atoms with Crippen LogP contribution in [0.4, 0.5) is 15.9 Å². The summed E-state index contributed by atoms with van der Waals surface area (Å²) in [6, 6.07) is 3.65. The molecule has 0 unspecified atom stereocenters. The molecule has 0 spiro atoms. The predicted molar refractivity (Wildman–Crippen MR) is 97.5 cm³/mol. The largest absolute Gasteiger partial charge is 0.383 e. The van der Waals surface area contributed by atoms with Gasteiger partial charge in [-0.2, -0.15) is 0 Å². The summed E-state index contributed by atoms with van der Waals surface area (Å²) in [6.07, 6.45) is 1.51. The number of aromatic amines is 1. The van der Waals surface area contributed by atoms with Gasteiger partial charge in [0.25, 0.3) is 11.5 Å². The highest BCUT2D eigenvalue weighted by molar-refractivity contribution is 9.10. The smallest absolute Gasteiger partial charge is 0.330 e. The predicted octanol–water partition coefficient (Wildman–Crippen LogP) is 2.10. The van der Waals surface area contributed by atoms with Crippen molar-refractivity contribution in [2.24, 2.45) is 0 Å². The van der Waals surface area contributed by atoms with Crippen LogP contribution in [0.2, 0.25) is 0 Å². The van der Waals surface area contributed by atoms with Crippen LogP contribution in [-0.4, -0.2) is 22.5 Å². The Morgan fingerprint density at radius 1 is 1.40 bits per heavy atom. The molecule has 3 N–H and O–H groups in total.